The zero-order valence-corrected chi connectivity index (χ0v) is 14.4. The van der Waals surface area contributed by atoms with Crippen molar-refractivity contribution in [2.45, 2.75) is 49.2 Å². The standard InChI is InChI=1S/C8H17N.C2F6NO4S2/c1-9(2)8-6-4-3-5-7-8;3-1(4,5)14(10,11)9-15(12,13)2(6,7)8/h8H,3-7H2,1-2H3;/q;-1/p+1. The number of halogens is 6. The summed E-state index contributed by atoms with van der Waals surface area (Å²) in [4.78, 5) is 1.65. The molecule has 24 heavy (non-hydrogen) atoms. The topological polar surface area (TPSA) is 86.8 Å². The SMILES string of the molecule is C[NH+](C)C1CCCCC1.O=S(=O)([N-]S(=O)(=O)C(F)(F)F)C(F)(F)F. The first-order chi connectivity index (χ1) is 10.5. The first-order valence-corrected chi connectivity index (χ1v) is 9.56. The zero-order chi connectivity index (χ0) is 19.4. The van der Waals surface area contributed by atoms with Gasteiger partial charge < -0.3 is 9.03 Å². The van der Waals surface area contributed by atoms with Crippen molar-refractivity contribution in [2.75, 3.05) is 14.1 Å². The lowest BCUT2D eigenvalue weighted by Crippen LogP contribution is -3.10. The van der Waals surface area contributed by atoms with Gasteiger partial charge in [-0.05, 0) is 25.7 Å². The van der Waals surface area contributed by atoms with Crippen LogP contribution in [0.25, 0.3) is 4.13 Å². The Labute approximate surface area is 136 Å². The molecule has 0 amide bonds. The highest BCUT2D eigenvalue weighted by Gasteiger charge is 2.46. The number of hydrogen-bond acceptors (Lipinski definition) is 4. The molecular weight excluding hydrogens is 390 g/mol. The Morgan fingerprint density at radius 1 is 0.792 bits per heavy atom. The van der Waals surface area contributed by atoms with Crippen molar-refractivity contribution >= 4 is 20.0 Å². The van der Waals surface area contributed by atoms with Gasteiger partial charge in [-0.2, -0.15) is 26.3 Å². The maximum absolute atomic E-state index is 11.4. The number of nitrogens with one attached hydrogen (secondary N) is 1. The Morgan fingerprint density at radius 3 is 1.33 bits per heavy atom. The van der Waals surface area contributed by atoms with Crippen molar-refractivity contribution < 1.29 is 48.1 Å². The number of hydrogen-bond donors (Lipinski definition) is 1. The van der Waals surface area contributed by atoms with Crippen LogP contribution in [0.1, 0.15) is 32.1 Å². The average Bonchev–Trinajstić information content (AvgIpc) is 2.36. The van der Waals surface area contributed by atoms with Crippen LogP contribution in [0.15, 0.2) is 0 Å². The minimum Gasteiger partial charge on any atom is -0.421 e. The van der Waals surface area contributed by atoms with Gasteiger partial charge in [0.1, 0.15) is 0 Å². The van der Waals surface area contributed by atoms with Crippen molar-refractivity contribution in [1.29, 1.82) is 0 Å². The molecule has 1 aliphatic carbocycles. The number of nitrogens with zero attached hydrogens (tertiary/aromatic N) is 1. The molecule has 0 radical (unpaired) electrons. The molecular formula is C10H18F6N2O4S2. The van der Waals surface area contributed by atoms with E-state index in [0.29, 0.717) is 0 Å². The molecule has 0 aliphatic heterocycles. The summed E-state index contributed by atoms with van der Waals surface area (Å²) in [5.74, 6) is 0. The molecule has 146 valence electrons. The zero-order valence-electron chi connectivity index (χ0n) is 12.8. The fourth-order valence-electron chi connectivity index (χ4n) is 1.89. The smallest absolute Gasteiger partial charge is 0.421 e. The first-order valence-electron chi connectivity index (χ1n) is 6.68. The molecule has 1 fully saturated rings. The van der Waals surface area contributed by atoms with E-state index in [1.807, 2.05) is 0 Å². The molecule has 1 rings (SSSR count). The van der Waals surface area contributed by atoms with Gasteiger partial charge in [-0.15, -0.1) is 0 Å². The third-order valence-corrected chi connectivity index (χ3v) is 5.94. The van der Waals surface area contributed by atoms with Crippen LogP contribution >= 0.6 is 0 Å². The second-order valence-electron chi connectivity index (χ2n) is 5.33. The summed E-state index contributed by atoms with van der Waals surface area (Å²) in [5.41, 5.74) is -12.4. The third kappa shape index (κ3) is 7.11. The van der Waals surface area contributed by atoms with Crippen LogP contribution < -0.4 is 4.90 Å². The maximum atomic E-state index is 11.4. The quantitative estimate of drug-likeness (QED) is 0.718. The molecule has 0 bridgehead atoms. The van der Waals surface area contributed by atoms with Crippen LogP contribution in [0.5, 0.6) is 0 Å². The molecule has 6 nitrogen and oxygen atoms in total. The maximum Gasteiger partial charge on any atom is 0.480 e. The molecule has 1 saturated carbocycles. The van der Waals surface area contributed by atoms with E-state index < -0.39 is 31.1 Å². The van der Waals surface area contributed by atoms with E-state index in [2.05, 4.69) is 14.1 Å². The summed E-state index contributed by atoms with van der Waals surface area (Å²) in [7, 11) is -8.90. The van der Waals surface area contributed by atoms with Crippen molar-refractivity contribution in [3.8, 4) is 0 Å². The number of quaternary nitrogens is 1. The number of sulfonamides is 2. The van der Waals surface area contributed by atoms with Crippen LogP contribution in [-0.2, 0) is 20.0 Å². The number of alkyl halides is 6. The highest BCUT2D eigenvalue weighted by Crippen LogP contribution is 2.36. The lowest BCUT2D eigenvalue weighted by molar-refractivity contribution is -0.887. The number of rotatable bonds is 3. The Kier molecular flexibility index (Phi) is 7.98. The second-order valence-corrected chi connectivity index (χ2v) is 8.75. The average molecular weight is 408 g/mol. The van der Waals surface area contributed by atoms with E-state index in [1.165, 1.54) is 32.1 Å². The van der Waals surface area contributed by atoms with Crippen molar-refractivity contribution in [1.82, 2.24) is 0 Å². The summed E-state index contributed by atoms with van der Waals surface area (Å²) in [6.07, 6.45) is 7.33. The largest absolute Gasteiger partial charge is 0.480 e. The molecule has 0 aromatic rings. The summed E-state index contributed by atoms with van der Waals surface area (Å²) in [5, 5.41) is 0. The van der Waals surface area contributed by atoms with E-state index in [0.717, 1.165) is 10.2 Å². The van der Waals surface area contributed by atoms with Crippen molar-refractivity contribution in [3.63, 3.8) is 0 Å². The third-order valence-electron chi connectivity index (χ3n) is 3.20. The summed E-state index contributed by atoms with van der Waals surface area (Å²) in [6, 6.07) is 0.971. The second kappa shape index (κ2) is 8.19. The summed E-state index contributed by atoms with van der Waals surface area (Å²) in [6.45, 7) is 0. The highest BCUT2D eigenvalue weighted by molar-refractivity contribution is 8.13. The fraction of sp³-hybridized carbons (Fsp3) is 1.00. The normalized spacial score (nSPS) is 18.2. The molecule has 1 N–H and O–H groups in total. The van der Waals surface area contributed by atoms with Gasteiger partial charge in [0.2, 0.25) is 0 Å². The fourth-order valence-corrected chi connectivity index (χ4v) is 3.60. The lowest BCUT2D eigenvalue weighted by Gasteiger charge is -2.24. The minimum atomic E-state index is -6.72. The molecule has 0 atom stereocenters. The first kappa shape index (κ1) is 23.4. The van der Waals surface area contributed by atoms with E-state index in [1.54, 1.807) is 4.90 Å². The molecule has 0 spiro atoms. The van der Waals surface area contributed by atoms with E-state index in [4.69, 9.17) is 0 Å². The molecule has 14 heteroatoms. The highest BCUT2D eigenvalue weighted by atomic mass is 32.3. The van der Waals surface area contributed by atoms with Gasteiger partial charge in [-0.1, -0.05) is 6.42 Å². The van der Waals surface area contributed by atoms with Gasteiger partial charge in [0.15, 0.2) is 20.0 Å². The van der Waals surface area contributed by atoms with E-state index >= 15 is 0 Å². The summed E-state index contributed by atoms with van der Waals surface area (Å²) >= 11 is 0. The predicted molar refractivity (Wildman–Crippen MR) is 73.0 cm³/mol. The van der Waals surface area contributed by atoms with Gasteiger partial charge in [0.25, 0.3) is 0 Å². The Morgan fingerprint density at radius 2 is 1.12 bits per heavy atom. The van der Waals surface area contributed by atoms with Gasteiger partial charge >= 0.3 is 11.0 Å². The molecule has 0 aromatic heterocycles. The van der Waals surface area contributed by atoms with E-state index in [-0.39, 0.29) is 0 Å². The molecule has 0 unspecified atom stereocenters. The van der Waals surface area contributed by atoms with Crippen molar-refractivity contribution in [3.05, 3.63) is 4.13 Å². The molecule has 1 aliphatic rings. The molecule has 0 saturated heterocycles. The minimum absolute atomic E-state index is 0.778. The molecule has 0 heterocycles. The van der Waals surface area contributed by atoms with Gasteiger partial charge in [0, 0.05) is 0 Å². The van der Waals surface area contributed by atoms with Gasteiger partial charge in [-0.3, -0.25) is 0 Å². The van der Waals surface area contributed by atoms with Gasteiger partial charge in [-0.25, -0.2) is 16.8 Å². The Balaban J connectivity index is 0.000000496. The van der Waals surface area contributed by atoms with Crippen LogP contribution in [-0.4, -0.2) is 48.0 Å². The summed E-state index contributed by atoms with van der Waals surface area (Å²) < 4.78 is 109. The van der Waals surface area contributed by atoms with Crippen LogP contribution in [0, 0.1) is 0 Å². The van der Waals surface area contributed by atoms with Crippen LogP contribution in [0.4, 0.5) is 26.3 Å². The van der Waals surface area contributed by atoms with Crippen molar-refractivity contribution in [2.24, 2.45) is 0 Å². The Bertz CT molecular complexity index is 550. The van der Waals surface area contributed by atoms with Gasteiger partial charge in [0.05, 0.1) is 20.1 Å². The monoisotopic (exact) mass is 408 g/mol. The predicted octanol–water partition coefficient (Wildman–Crippen LogP) is 1.52. The Hall–Kier alpha value is -0.600. The van der Waals surface area contributed by atoms with Crippen LogP contribution in [0.2, 0.25) is 0 Å². The van der Waals surface area contributed by atoms with E-state index in [9.17, 15) is 43.2 Å². The molecule has 0 aromatic carbocycles. The lowest BCUT2D eigenvalue weighted by atomic mass is 9.95. The van der Waals surface area contributed by atoms with Crippen LogP contribution in [0.3, 0.4) is 0 Å².